The Kier molecular flexibility index (Phi) is 7.12. The predicted molar refractivity (Wildman–Crippen MR) is 121 cm³/mol. The number of aryl methyl sites for hydroxylation is 1. The summed E-state index contributed by atoms with van der Waals surface area (Å²) in [5.74, 6) is 1.41. The number of amides is 2. The van der Waals surface area contributed by atoms with Crippen LogP contribution in [0.3, 0.4) is 0 Å². The summed E-state index contributed by atoms with van der Waals surface area (Å²) in [6.45, 7) is 5.70. The zero-order chi connectivity index (χ0) is 22.5. The monoisotopic (exact) mass is 439 g/mol. The van der Waals surface area contributed by atoms with Crippen molar-refractivity contribution in [1.29, 1.82) is 0 Å². The number of rotatable bonds is 2. The van der Waals surface area contributed by atoms with E-state index in [9.17, 15) is 9.59 Å². The molecule has 0 aliphatic carbocycles. The van der Waals surface area contributed by atoms with Gasteiger partial charge < -0.3 is 19.1 Å². The van der Waals surface area contributed by atoms with Gasteiger partial charge >= 0.3 is 0 Å². The van der Waals surface area contributed by atoms with Crippen LogP contribution in [0.4, 0.5) is 0 Å². The summed E-state index contributed by atoms with van der Waals surface area (Å²) in [4.78, 5) is 30.1. The SMILES string of the molecule is CC(C)c1cc(C(=O)N2CCCOc3cccc(c3)CCC3CCCCN3C(=O)C2)no1. The Balaban J connectivity index is 1.56. The van der Waals surface area contributed by atoms with Crippen molar-refractivity contribution < 1.29 is 18.8 Å². The van der Waals surface area contributed by atoms with Crippen LogP contribution in [0.25, 0.3) is 0 Å². The predicted octanol–water partition coefficient (Wildman–Crippen LogP) is 4.04. The highest BCUT2D eigenvalue weighted by atomic mass is 16.5. The highest BCUT2D eigenvalue weighted by molar-refractivity contribution is 5.95. The van der Waals surface area contributed by atoms with Crippen molar-refractivity contribution in [3.05, 3.63) is 47.3 Å². The van der Waals surface area contributed by atoms with Crippen molar-refractivity contribution in [1.82, 2.24) is 15.0 Å². The lowest BCUT2D eigenvalue weighted by atomic mass is 9.95. The van der Waals surface area contributed by atoms with E-state index >= 15 is 0 Å². The van der Waals surface area contributed by atoms with Crippen molar-refractivity contribution in [3.8, 4) is 5.75 Å². The van der Waals surface area contributed by atoms with E-state index in [1.54, 1.807) is 11.0 Å². The van der Waals surface area contributed by atoms with Crippen molar-refractivity contribution >= 4 is 11.8 Å². The first-order chi connectivity index (χ1) is 15.5. The third-order valence-corrected chi connectivity index (χ3v) is 6.38. The van der Waals surface area contributed by atoms with Crippen LogP contribution in [0.5, 0.6) is 5.75 Å². The molecule has 0 spiro atoms. The van der Waals surface area contributed by atoms with Gasteiger partial charge in [-0.3, -0.25) is 9.59 Å². The fourth-order valence-electron chi connectivity index (χ4n) is 4.53. The topological polar surface area (TPSA) is 75.9 Å². The van der Waals surface area contributed by atoms with Gasteiger partial charge in [0.15, 0.2) is 5.69 Å². The lowest BCUT2D eigenvalue weighted by Gasteiger charge is -2.37. The minimum Gasteiger partial charge on any atom is -0.494 e. The third kappa shape index (κ3) is 5.31. The number of carbonyl (C=O) groups is 2. The summed E-state index contributed by atoms with van der Waals surface area (Å²) >= 11 is 0. The summed E-state index contributed by atoms with van der Waals surface area (Å²) < 4.78 is 11.3. The van der Waals surface area contributed by atoms with Gasteiger partial charge in [-0.05, 0) is 56.2 Å². The Labute approximate surface area is 189 Å². The molecule has 7 nitrogen and oxygen atoms in total. The molecule has 1 unspecified atom stereocenters. The number of ether oxygens (including phenoxy) is 1. The minimum atomic E-state index is -0.267. The number of aromatic nitrogens is 1. The third-order valence-electron chi connectivity index (χ3n) is 6.38. The molecular formula is C25H33N3O4. The molecule has 4 rings (SSSR count). The number of nitrogens with zero attached hydrogens (tertiary/aromatic N) is 3. The summed E-state index contributed by atoms with van der Waals surface area (Å²) in [5.41, 5.74) is 1.49. The van der Waals surface area contributed by atoms with Gasteiger partial charge in [-0.1, -0.05) is 31.1 Å². The average Bonchev–Trinajstić information content (AvgIpc) is 3.30. The van der Waals surface area contributed by atoms with Crippen molar-refractivity contribution in [2.75, 3.05) is 26.2 Å². The Morgan fingerprint density at radius 3 is 2.81 bits per heavy atom. The molecule has 1 aromatic carbocycles. The van der Waals surface area contributed by atoms with Crippen LogP contribution in [-0.4, -0.2) is 59.1 Å². The molecular weight excluding hydrogens is 406 g/mol. The minimum absolute atomic E-state index is 0.0161. The Bertz CT molecular complexity index is 939. The molecule has 2 amide bonds. The maximum atomic E-state index is 13.3. The van der Waals surface area contributed by atoms with Crippen LogP contribution in [0, 0.1) is 0 Å². The number of hydrogen-bond donors (Lipinski definition) is 0. The smallest absolute Gasteiger partial charge is 0.276 e. The second kappa shape index (κ2) is 10.2. The number of hydrogen-bond acceptors (Lipinski definition) is 5. The number of piperidine rings is 1. The van der Waals surface area contributed by atoms with Crippen LogP contribution in [-0.2, 0) is 11.2 Å². The van der Waals surface area contributed by atoms with Crippen LogP contribution >= 0.6 is 0 Å². The number of fused-ring (bicyclic) bond motifs is 3. The highest BCUT2D eigenvalue weighted by Gasteiger charge is 2.30. The van der Waals surface area contributed by atoms with Crippen LogP contribution < -0.4 is 4.74 Å². The van der Waals surface area contributed by atoms with E-state index in [1.165, 1.54) is 5.56 Å². The van der Waals surface area contributed by atoms with Gasteiger partial charge in [0.2, 0.25) is 5.91 Å². The second-order valence-electron chi connectivity index (χ2n) is 9.12. The number of benzene rings is 1. The summed E-state index contributed by atoms with van der Waals surface area (Å²) in [6, 6.07) is 10.1. The zero-order valence-corrected chi connectivity index (χ0v) is 19.1. The first kappa shape index (κ1) is 22.4. The zero-order valence-electron chi connectivity index (χ0n) is 19.1. The van der Waals surface area contributed by atoms with E-state index in [1.807, 2.05) is 30.9 Å². The molecule has 0 radical (unpaired) electrons. The van der Waals surface area contributed by atoms with Gasteiger partial charge in [0.25, 0.3) is 5.91 Å². The Morgan fingerprint density at radius 2 is 2.00 bits per heavy atom. The lowest BCUT2D eigenvalue weighted by molar-refractivity contribution is -0.135. The number of carbonyl (C=O) groups excluding carboxylic acids is 2. The van der Waals surface area contributed by atoms with E-state index in [0.717, 1.165) is 44.4 Å². The Hall–Kier alpha value is -2.83. The summed E-state index contributed by atoms with van der Waals surface area (Å²) in [6.07, 6.45) is 5.62. The van der Waals surface area contributed by atoms with Crippen LogP contribution in [0.1, 0.15) is 73.7 Å². The van der Waals surface area contributed by atoms with E-state index in [0.29, 0.717) is 25.3 Å². The van der Waals surface area contributed by atoms with Crippen LogP contribution in [0.15, 0.2) is 34.9 Å². The molecule has 1 aromatic heterocycles. The molecule has 172 valence electrons. The standard InChI is InChI=1S/C25H33N3O4/c1-18(2)23-16-22(26-32-23)25(30)27-12-6-14-31-21-9-5-7-19(15-21)10-11-20-8-3-4-13-28(20)24(29)17-27/h5,7,9,15-16,18,20H,3-4,6,8,10-14,17H2,1-2H3. The molecule has 2 aromatic rings. The second-order valence-corrected chi connectivity index (χ2v) is 9.12. The fraction of sp³-hybridized carbons (Fsp3) is 0.560. The maximum absolute atomic E-state index is 13.3. The molecule has 1 fully saturated rings. The summed E-state index contributed by atoms with van der Waals surface area (Å²) in [5, 5.41) is 3.97. The molecule has 2 aliphatic heterocycles. The molecule has 2 aliphatic rings. The van der Waals surface area contributed by atoms with Gasteiger partial charge in [0.05, 0.1) is 6.61 Å². The van der Waals surface area contributed by atoms with E-state index in [-0.39, 0.29) is 36.0 Å². The Morgan fingerprint density at radius 1 is 1.12 bits per heavy atom. The van der Waals surface area contributed by atoms with Crippen molar-refractivity contribution in [2.24, 2.45) is 0 Å². The highest BCUT2D eigenvalue weighted by Crippen LogP contribution is 2.24. The van der Waals surface area contributed by atoms with Crippen molar-refractivity contribution in [2.45, 2.75) is 64.3 Å². The first-order valence-corrected chi connectivity index (χ1v) is 11.8. The largest absolute Gasteiger partial charge is 0.494 e. The molecule has 0 saturated carbocycles. The van der Waals surface area contributed by atoms with Gasteiger partial charge in [-0.2, -0.15) is 0 Å². The molecule has 7 heteroatoms. The molecule has 1 atom stereocenters. The van der Waals surface area contributed by atoms with Gasteiger partial charge in [0, 0.05) is 31.1 Å². The lowest BCUT2D eigenvalue weighted by Crippen LogP contribution is -2.49. The van der Waals surface area contributed by atoms with E-state index in [4.69, 9.17) is 9.26 Å². The van der Waals surface area contributed by atoms with Gasteiger partial charge in [-0.15, -0.1) is 0 Å². The van der Waals surface area contributed by atoms with Crippen molar-refractivity contribution in [3.63, 3.8) is 0 Å². The first-order valence-electron chi connectivity index (χ1n) is 11.8. The summed E-state index contributed by atoms with van der Waals surface area (Å²) in [7, 11) is 0. The normalized spacial score (nSPS) is 20.5. The fourth-order valence-corrected chi connectivity index (χ4v) is 4.53. The quantitative estimate of drug-likeness (QED) is 0.706. The molecule has 3 heterocycles. The molecule has 32 heavy (non-hydrogen) atoms. The van der Waals surface area contributed by atoms with E-state index < -0.39 is 0 Å². The molecule has 0 N–H and O–H groups in total. The molecule has 1 saturated heterocycles. The van der Waals surface area contributed by atoms with E-state index in [2.05, 4.69) is 17.3 Å². The van der Waals surface area contributed by atoms with Gasteiger partial charge in [0.1, 0.15) is 18.1 Å². The molecule has 2 bridgehead atoms. The average molecular weight is 440 g/mol. The van der Waals surface area contributed by atoms with Gasteiger partial charge in [-0.25, -0.2) is 0 Å². The maximum Gasteiger partial charge on any atom is 0.276 e. The van der Waals surface area contributed by atoms with Crippen LogP contribution in [0.2, 0.25) is 0 Å².